The average Bonchev–Trinajstić information content (AvgIpc) is 3.25. The maximum absolute atomic E-state index is 12.5. The highest BCUT2D eigenvalue weighted by Gasteiger charge is 2.37. The number of carboxylic acid groups (broad SMARTS) is 1. The summed E-state index contributed by atoms with van der Waals surface area (Å²) in [4.78, 5) is 16.8. The summed E-state index contributed by atoms with van der Waals surface area (Å²) in [6.45, 7) is 0.870. The Kier molecular flexibility index (Phi) is 4.67. The van der Waals surface area contributed by atoms with E-state index in [1.807, 2.05) is 4.90 Å². The van der Waals surface area contributed by atoms with Crippen LogP contribution in [0.15, 0.2) is 18.3 Å². The number of halogens is 3. The van der Waals surface area contributed by atoms with Crippen molar-refractivity contribution >= 4 is 11.8 Å². The number of hydrogen-bond donors (Lipinski definition) is 2. The second-order valence-corrected chi connectivity index (χ2v) is 6.66. The maximum Gasteiger partial charge on any atom is 0.417 e. The topological polar surface area (TPSA) is 65.5 Å². The smallest absolute Gasteiger partial charge is 0.417 e. The summed E-state index contributed by atoms with van der Waals surface area (Å²) >= 11 is 0. The van der Waals surface area contributed by atoms with Gasteiger partial charge in [0.25, 0.3) is 0 Å². The molecule has 0 aromatic carbocycles. The van der Waals surface area contributed by atoms with E-state index in [0.717, 1.165) is 31.6 Å². The SMILES string of the molecule is O=C(O)CN(CC1CC1)C1CC(Nc2ccc(C(F)(F)F)cn2)C1. The number of carboxylic acids is 1. The Labute approximate surface area is 137 Å². The van der Waals surface area contributed by atoms with E-state index in [9.17, 15) is 18.0 Å². The van der Waals surface area contributed by atoms with Crippen molar-refractivity contribution in [3.63, 3.8) is 0 Å². The molecule has 0 aliphatic heterocycles. The zero-order valence-electron chi connectivity index (χ0n) is 13.1. The number of pyridine rings is 1. The molecule has 5 nitrogen and oxygen atoms in total. The average molecular weight is 343 g/mol. The number of nitrogens with zero attached hydrogens (tertiary/aromatic N) is 2. The monoisotopic (exact) mass is 343 g/mol. The molecule has 0 saturated heterocycles. The van der Waals surface area contributed by atoms with Gasteiger partial charge in [-0.15, -0.1) is 0 Å². The van der Waals surface area contributed by atoms with E-state index in [0.29, 0.717) is 11.7 Å². The largest absolute Gasteiger partial charge is 0.480 e. The second-order valence-electron chi connectivity index (χ2n) is 6.66. The minimum absolute atomic E-state index is 0.0480. The van der Waals surface area contributed by atoms with Crippen molar-refractivity contribution in [3.05, 3.63) is 23.9 Å². The zero-order valence-corrected chi connectivity index (χ0v) is 13.1. The fourth-order valence-electron chi connectivity index (χ4n) is 3.01. The first-order chi connectivity index (χ1) is 11.3. The van der Waals surface area contributed by atoms with Crippen LogP contribution in [-0.2, 0) is 11.0 Å². The Morgan fingerprint density at radius 2 is 2.04 bits per heavy atom. The number of carbonyl (C=O) groups is 1. The number of nitrogens with one attached hydrogen (secondary N) is 1. The maximum atomic E-state index is 12.5. The molecule has 0 radical (unpaired) electrons. The highest BCUT2D eigenvalue weighted by Crippen LogP contribution is 2.35. The standard InChI is InChI=1S/C16H20F3N3O2/c17-16(18,19)11-3-4-14(20-7-11)21-12-5-13(6-12)22(9-15(23)24)8-10-1-2-10/h3-4,7,10,12-13H,1-2,5-6,8-9H2,(H,20,21)(H,23,24). The van der Waals surface area contributed by atoms with E-state index >= 15 is 0 Å². The van der Waals surface area contributed by atoms with Crippen LogP contribution in [0.1, 0.15) is 31.2 Å². The van der Waals surface area contributed by atoms with Crippen molar-refractivity contribution in [3.8, 4) is 0 Å². The van der Waals surface area contributed by atoms with Crippen molar-refractivity contribution in [1.29, 1.82) is 0 Å². The van der Waals surface area contributed by atoms with Crippen LogP contribution in [-0.4, -0.2) is 46.1 Å². The van der Waals surface area contributed by atoms with Gasteiger partial charge in [0.1, 0.15) is 5.82 Å². The quantitative estimate of drug-likeness (QED) is 0.797. The fourth-order valence-corrected chi connectivity index (χ4v) is 3.01. The molecule has 1 aromatic rings. The van der Waals surface area contributed by atoms with Gasteiger partial charge in [0.2, 0.25) is 0 Å². The third-order valence-electron chi connectivity index (χ3n) is 4.60. The summed E-state index contributed by atoms with van der Waals surface area (Å²) in [5, 5.41) is 12.1. The highest BCUT2D eigenvalue weighted by atomic mass is 19.4. The summed E-state index contributed by atoms with van der Waals surface area (Å²) in [5.74, 6) is 0.211. The molecule has 1 heterocycles. The molecule has 2 saturated carbocycles. The predicted octanol–water partition coefficient (Wildman–Crippen LogP) is 2.84. The third kappa shape index (κ3) is 4.37. The van der Waals surface area contributed by atoms with Crippen molar-refractivity contribution < 1.29 is 23.1 Å². The minimum Gasteiger partial charge on any atom is -0.480 e. The van der Waals surface area contributed by atoms with Crippen LogP contribution in [0.3, 0.4) is 0 Å². The van der Waals surface area contributed by atoms with Crippen LogP contribution in [0.2, 0.25) is 0 Å². The van der Waals surface area contributed by atoms with Gasteiger partial charge in [-0.25, -0.2) is 4.98 Å². The lowest BCUT2D eigenvalue weighted by atomic mass is 9.85. The number of aliphatic carboxylic acids is 1. The number of aromatic nitrogens is 1. The Morgan fingerprint density at radius 3 is 2.54 bits per heavy atom. The molecular weight excluding hydrogens is 323 g/mol. The lowest BCUT2D eigenvalue weighted by molar-refractivity contribution is -0.140. The molecule has 2 aliphatic carbocycles. The molecule has 24 heavy (non-hydrogen) atoms. The summed E-state index contributed by atoms with van der Waals surface area (Å²) < 4.78 is 37.5. The molecule has 2 aliphatic rings. The Balaban J connectivity index is 1.49. The minimum atomic E-state index is -4.38. The first-order valence-corrected chi connectivity index (χ1v) is 8.07. The van der Waals surface area contributed by atoms with Crippen molar-refractivity contribution in [2.24, 2.45) is 5.92 Å². The van der Waals surface area contributed by atoms with E-state index in [1.165, 1.54) is 18.9 Å². The number of rotatable bonds is 7. The molecular formula is C16H20F3N3O2. The first kappa shape index (κ1) is 17.0. The molecule has 0 unspecified atom stereocenters. The van der Waals surface area contributed by atoms with E-state index in [1.54, 1.807) is 0 Å². The molecule has 8 heteroatoms. The molecule has 3 rings (SSSR count). The molecule has 0 bridgehead atoms. The molecule has 0 spiro atoms. The van der Waals surface area contributed by atoms with Crippen LogP contribution in [0, 0.1) is 5.92 Å². The zero-order chi connectivity index (χ0) is 17.3. The van der Waals surface area contributed by atoms with Gasteiger partial charge in [-0.3, -0.25) is 9.69 Å². The Hall–Kier alpha value is -1.83. The Morgan fingerprint density at radius 1 is 1.33 bits per heavy atom. The predicted molar refractivity (Wildman–Crippen MR) is 81.6 cm³/mol. The molecule has 1 aromatic heterocycles. The van der Waals surface area contributed by atoms with Crippen molar-refractivity contribution in [2.75, 3.05) is 18.4 Å². The van der Waals surface area contributed by atoms with Gasteiger partial charge in [-0.2, -0.15) is 13.2 Å². The lowest BCUT2D eigenvalue weighted by Gasteiger charge is -2.43. The van der Waals surface area contributed by atoms with Crippen LogP contribution >= 0.6 is 0 Å². The van der Waals surface area contributed by atoms with Crippen LogP contribution in [0.4, 0.5) is 19.0 Å². The third-order valence-corrected chi connectivity index (χ3v) is 4.60. The second kappa shape index (κ2) is 6.58. The number of hydrogen-bond acceptors (Lipinski definition) is 4. The van der Waals surface area contributed by atoms with Crippen LogP contribution in [0.25, 0.3) is 0 Å². The first-order valence-electron chi connectivity index (χ1n) is 8.07. The summed E-state index contributed by atoms with van der Waals surface area (Å²) in [6.07, 6.45) is 0.334. The van der Waals surface area contributed by atoms with Gasteiger partial charge < -0.3 is 10.4 Å². The van der Waals surface area contributed by atoms with Gasteiger partial charge in [-0.1, -0.05) is 0 Å². The van der Waals surface area contributed by atoms with E-state index in [4.69, 9.17) is 5.11 Å². The van der Waals surface area contributed by atoms with Crippen LogP contribution < -0.4 is 5.32 Å². The van der Waals surface area contributed by atoms with Crippen molar-refractivity contribution in [2.45, 2.75) is 43.9 Å². The molecule has 2 N–H and O–H groups in total. The molecule has 2 fully saturated rings. The summed E-state index contributed by atoms with van der Waals surface area (Å²) in [7, 11) is 0. The number of anilines is 1. The van der Waals surface area contributed by atoms with Crippen molar-refractivity contribution in [1.82, 2.24) is 9.88 Å². The molecule has 132 valence electrons. The van der Waals surface area contributed by atoms with Gasteiger partial charge in [-0.05, 0) is 43.7 Å². The van der Waals surface area contributed by atoms with E-state index in [2.05, 4.69) is 10.3 Å². The normalized spacial score (nSPS) is 23.8. The summed E-state index contributed by atoms with van der Waals surface area (Å²) in [5.41, 5.74) is -0.767. The Bertz CT molecular complexity index is 581. The fraction of sp³-hybridized carbons (Fsp3) is 0.625. The van der Waals surface area contributed by atoms with Gasteiger partial charge in [0.05, 0.1) is 12.1 Å². The lowest BCUT2D eigenvalue weighted by Crippen LogP contribution is -2.52. The van der Waals surface area contributed by atoms with Gasteiger partial charge in [0, 0.05) is 24.8 Å². The van der Waals surface area contributed by atoms with E-state index in [-0.39, 0.29) is 18.6 Å². The van der Waals surface area contributed by atoms with Crippen LogP contribution in [0.5, 0.6) is 0 Å². The highest BCUT2D eigenvalue weighted by molar-refractivity contribution is 5.69. The van der Waals surface area contributed by atoms with Gasteiger partial charge in [0.15, 0.2) is 0 Å². The number of alkyl halides is 3. The van der Waals surface area contributed by atoms with E-state index < -0.39 is 17.7 Å². The molecule has 0 atom stereocenters. The molecule has 0 amide bonds. The van der Waals surface area contributed by atoms with Gasteiger partial charge >= 0.3 is 12.1 Å². The summed E-state index contributed by atoms with van der Waals surface area (Å²) in [6, 6.07) is 2.67.